The molecule has 0 bridgehead atoms. The van der Waals surface area contributed by atoms with E-state index >= 15 is 0 Å². The molecule has 0 unspecified atom stereocenters. The van der Waals surface area contributed by atoms with Gasteiger partial charge in [0.2, 0.25) is 0 Å². The third-order valence-corrected chi connectivity index (χ3v) is 2.18. The van der Waals surface area contributed by atoms with Crippen LogP contribution in [0.15, 0.2) is 0 Å². The molecule has 118 valence electrons. The zero-order chi connectivity index (χ0) is 13.8. The van der Waals surface area contributed by atoms with Crippen molar-refractivity contribution in [3.8, 4) is 0 Å². The van der Waals surface area contributed by atoms with Crippen LogP contribution in [0.2, 0.25) is 0 Å². The standard InChI is InChI=1S/C6H13O10P.3Na.2H2O/c7-2(1-16-17(13,14)15)3(8)4(9)5(10)6(11)12;;;;;/h2-5,7-10H,1H2,(H,11,12)(H2,13,14,15);;;;2*1H2/q;3*+1;;/p-3/t2-,3-,4+,5-;;;;;/m1...../s1. The summed E-state index contributed by atoms with van der Waals surface area (Å²) in [5.74, 6) is -2.11. The summed E-state index contributed by atoms with van der Waals surface area (Å²) in [4.78, 5) is 30.1. The topological polar surface area (TPSA) is 256 Å². The maximum atomic E-state index is 10.1. The number of carbonyl (C=O) groups is 1. The molecular weight excluding hydrogens is 364 g/mol. The molecule has 0 saturated heterocycles. The molecule has 0 aliphatic carbocycles. The Morgan fingerprint density at radius 3 is 1.64 bits per heavy atom. The molecule has 0 spiro atoms. The van der Waals surface area contributed by atoms with Gasteiger partial charge in [-0.15, -0.1) is 0 Å². The van der Waals surface area contributed by atoms with Crippen LogP contribution in [0.4, 0.5) is 0 Å². The molecular formula is C6H14Na3O12P. The van der Waals surface area contributed by atoms with Crippen LogP contribution in [0.5, 0.6) is 0 Å². The van der Waals surface area contributed by atoms with Gasteiger partial charge < -0.3 is 60.2 Å². The third kappa shape index (κ3) is 17.2. The average Bonchev–Trinajstić information content (AvgIpc) is 2.21. The van der Waals surface area contributed by atoms with E-state index in [0.717, 1.165) is 0 Å². The van der Waals surface area contributed by atoms with Gasteiger partial charge in [-0.2, -0.15) is 0 Å². The van der Waals surface area contributed by atoms with E-state index in [4.69, 9.17) is 20.4 Å². The summed E-state index contributed by atoms with van der Waals surface area (Å²) < 4.78 is 13.6. The minimum atomic E-state index is -5.38. The van der Waals surface area contributed by atoms with Crippen molar-refractivity contribution in [3.63, 3.8) is 0 Å². The summed E-state index contributed by atoms with van der Waals surface area (Å²) in [7, 11) is -5.38. The number of phosphoric acid groups is 1. The van der Waals surface area contributed by atoms with Crippen molar-refractivity contribution in [2.45, 2.75) is 24.4 Å². The normalized spacial score (nSPS) is 15.0. The first-order valence-electron chi connectivity index (χ1n) is 4.16. The van der Waals surface area contributed by atoms with Crippen LogP contribution < -0.4 is 104 Å². The number of carbonyl (C=O) groups excluding carboxylic acids is 1. The van der Waals surface area contributed by atoms with Crippen molar-refractivity contribution < 1.29 is 149 Å². The van der Waals surface area contributed by atoms with Crippen LogP contribution in [-0.2, 0) is 13.9 Å². The molecule has 22 heavy (non-hydrogen) atoms. The predicted octanol–water partition coefficient (Wildman–Crippen LogP) is -16.6. The van der Waals surface area contributed by atoms with Crippen LogP contribution in [0.1, 0.15) is 0 Å². The fraction of sp³-hybridized carbons (Fsp3) is 0.833. The van der Waals surface area contributed by atoms with Gasteiger partial charge in [-0.1, -0.05) is 0 Å². The Morgan fingerprint density at radius 1 is 1.00 bits per heavy atom. The number of hydrogen-bond acceptors (Lipinski definition) is 10. The summed E-state index contributed by atoms with van der Waals surface area (Å²) >= 11 is 0. The van der Waals surface area contributed by atoms with Crippen molar-refractivity contribution in [2.24, 2.45) is 0 Å². The van der Waals surface area contributed by atoms with Gasteiger partial charge in [-0.25, -0.2) is 0 Å². The molecule has 0 radical (unpaired) electrons. The Kier molecular flexibility index (Phi) is 32.5. The minimum absolute atomic E-state index is 0. The molecule has 0 fully saturated rings. The SMILES string of the molecule is O.O.O=C([O-])[C@H](O)[C@@H](O)[C@H](O)[C@H](O)COP(=O)([O-])[O-].[Na+].[Na+].[Na+]. The van der Waals surface area contributed by atoms with Crippen LogP contribution >= 0.6 is 7.82 Å². The van der Waals surface area contributed by atoms with Crippen LogP contribution in [0.3, 0.4) is 0 Å². The van der Waals surface area contributed by atoms with Gasteiger partial charge in [0.05, 0.1) is 20.4 Å². The summed E-state index contributed by atoms with van der Waals surface area (Å²) in [5.41, 5.74) is 0. The molecule has 8 N–H and O–H groups in total. The monoisotopic (exact) mass is 378 g/mol. The molecule has 0 heterocycles. The van der Waals surface area contributed by atoms with Crippen molar-refractivity contribution >= 4 is 13.8 Å². The zero-order valence-electron chi connectivity index (χ0n) is 12.2. The number of carboxylic acid groups (broad SMARTS) is 1. The number of carboxylic acids is 1. The number of aliphatic hydroxyl groups excluding tert-OH is 4. The Bertz CT molecular complexity index is 313. The first-order chi connectivity index (χ1) is 7.56. The molecule has 0 aliphatic heterocycles. The van der Waals surface area contributed by atoms with E-state index < -0.39 is 44.8 Å². The Morgan fingerprint density at radius 2 is 1.36 bits per heavy atom. The summed E-state index contributed by atoms with van der Waals surface area (Å²) in [6, 6.07) is 0. The largest absolute Gasteiger partial charge is 1.00 e. The molecule has 16 heteroatoms. The van der Waals surface area contributed by atoms with E-state index in [2.05, 4.69) is 4.52 Å². The predicted molar refractivity (Wildman–Crippen MR) is 49.8 cm³/mol. The number of rotatable bonds is 7. The maximum Gasteiger partial charge on any atom is 1.00 e. The fourth-order valence-electron chi connectivity index (χ4n) is 0.820. The van der Waals surface area contributed by atoms with Gasteiger partial charge in [0.1, 0.15) is 24.4 Å². The average molecular weight is 378 g/mol. The van der Waals surface area contributed by atoms with E-state index in [1.165, 1.54) is 0 Å². The van der Waals surface area contributed by atoms with Crippen molar-refractivity contribution in [1.82, 2.24) is 0 Å². The Labute approximate surface area is 191 Å². The molecule has 0 aromatic rings. The van der Waals surface area contributed by atoms with Crippen molar-refractivity contribution in [1.29, 1.82) is 0 Å². The second kappa shape index (κ2) is 18.1. The maximum absolute atomic E-state index is 10.1. The summed E-state index contributed by atoms with van der Waals surface area (Å²) in [6.07, 6.45) is -9.16. The van der Waals surface area contributed by atoms with Crippen molar-refractivity contribution in [3.05, 3.63) is 0 Å². The van der Waals surface area contributed by atoms with E-state index in [1.807, 2.05) is 0 Å². The molecule has 0 amide bonds. The Balaban J connectivity index is -0.000000128. The van der Waals surface area contributed by atoms with Crippen LogP contribution in [-0.4, -0.2) is 68.4 Å². The smallest absolute Gasteiger partial charge is 0.790 e. The Hall–Kier alpha value is 2.34. The van der Waals surface area contributed by atoms with Gasteiger partial charge >= 0.3 is 88.7 Å². The molecule has 0 saturated carbocycles. The van der Waals surface area contributed by atoms with Gasteiger partial charge in [0.15, 0.2) is 0 Å². The quantitative estimate of drug-likeness (QED) is 0.240. The van der Waals surface area contributed by atoms with Crippen LogP contribution in [0.25, 0.3) is 0 Å². The van der Waals surface area contributed by atoms with Crippen molar-refractivity contribution in [2.75, 3.05) is 6.61 Å². The fourth-order valence-corrected chi connectivity index (χ4v) is 1.16. The van der Waals surface area contributed by atoms with E-state index in [9.17, 15) is 24.3 Å². The van der Waals surface area contributed by atoms with Gasteiger partial charge in [0, 0.05) is 0 Å². The molecule has 0 aromatic carbocycles. The first-order valence-corrected chi connectivity index (χ1v) is 5.62. The van der Waals surface area contributed by atoms with Gasteiger partial charge in [-0.3, -0.25) is 0 Å². The number of aliphatic carboxylic acids is 1. The van der Waals surface area contributed by atoms with Crippen LogP contribution in [0, 0.1) is 0 Å². The van der Waals surface area contributed by atoms with E-state index in [1.54, 1.807) is 0 Å². The molecule has 4 atom stereocenters. The first kappa shape index (κ1) is 39.4. The number of hydrogen-bond donors (Lipinski definition) is 4. The van der Waals surface area contributed by atoms with Gasteiger partial charge in [-0.05, 0) is 0 Å². The second-order valence-electron chi connectivity index (χ2n) is 3.06. The van der Waals surface area contributed by atoms with Gasteiger partial charge in [0.25, 0.3) is 0 Å². The molecule has 0 rings (SSSR count). The number of phosphoric ester groups is 1. The van der Waals surface area contributed by atoms with E-state index in [0.29, 0.717) is 0 Å². The third-order valence-electron chi connectivity index (χ3n) is 1.71. The summed E-state index contributed by atoms with van der Waals surface area (Å²) in [6.45, 7) is -1.19. The molecule has 0 aromatic heterocycles. The molecule has 0 aliphatic rings. The van der Waals surface area contributed by atoms with E-state index in [-0.39, 0.29) is 99.6 Å². The zero-order valence-corrected chi connectivity index (χ0v) is 19.1. The second-order valence-corrected chi connectivity index (χ2v) is 4.21. The minimum Gasteiger partial charge on any atom is -0.790 e. The molecule has 12 nitrogen and oxygen atoms in total. The summed E-state index contributed by atoms with van der Waals surface area (Å²) in [5, 5.41) is 45.9. The number of aliphatic hydroxyl groups is 4.